The molecule has 0 radical (unpaired) electrons. The van der Waals surface area contributed by atoms with Crippen molar-refractivity contribution in [3.63, 3.8) is 0 Å². The molecule has 2 rings (SSSR count). The van der Waals surface area contributed by atoms with Gasteiger partial charge in [0, 0.05) is 0 Å². The summed E-state index contributed by atoms with van der Waals surface area (Å²) in [4.78, 5) is 0. The van der Waals surface area contributed by atoms with Gasteiger partial charge in [0.2, 0.25) is 0 Å². The van der Waals surface area contributed by atoms with E-state index in [1.54, 1.807) is 0 Å². The molecular formula is C10H16BF. The van der Waals surface area contributed by atoms with Gasteiger partial charge in [0.25, 0.3) is 0 Å². The molecule has 0 nitrogen and oxygen atoms in total. The fourth-order valence-corrected chi connectivity index (χ4v) is 2.72. The Morgan fingerprint density at radius 1 is 1.50 bits per heavy atom. The van der Waals surface area contributed by atoms with Crippen LogP contribution in [-0.4, -0.2) is 19.6 Å². The van der Waals surface area contributed by atoms with Gasteiger partial charge in [-0.1, -0.05) is 0 Å². The van der Waals surface area contributed by atoms with Crippen LogP contribution in [0.1, 0.15) is 26.7 Å². The first-order valence-electron chi connectivity index (χ1n) is 4.86. The topological polar surface area (TPSA) is 0 Å². The van der Waals surface area contributed by atoms with Crippen LogP contribution in [-0.2, 0) is 0 Å². The van der Waals surface area contributed by atoms with E-state index < -0.39 is 6.17 Å². The molecular weight excluding hydrogens is 150 g/mol. The summed E-state index contributed by atoms with van der Waals surface area (Å²) < 4.78 is 13.6. The molecule has 0 aliphatic heterocycles. The van der Waals surface area contributed by atoms with E-state index in [4.69, 9.17) is 0 Å². The molecule has 0 bridgehead atoms. The maximum atomic E-state index is 13.6. The zero-order valence-electron chi connectivity index (χ0n) is 7.89. The van der Waals surface area contributed by atoms with Crippen molar-refractivity contribution in [1.29, 1.82) is 0 Å². The monoisotopic (exact) mass is 166 g/mol. The number of halogens is 1. The third-order valence-corrected chi connectivity index (χ3v) is 4.10. The van der Waals surface area contributed by atoms with Crippen molar-refractivity contribution < 1.29 is 4.39 Å². The third-order valence-electron chi connectivity index (χ3n) is 4.10. The Hall–Kier alpha value is -0.135. The van der Waals surface area contributed by atoms with Gasteiger partial charge in [-0.25, -0.2) is 0 Å². The minimum absolute atomic E-state index is 0.230. The number of alkyl halides is 1. The molecule has 0 N–H and O–H groups in total. The van der Waals surface area contributed by atoms with Gasteiger partial charge in [0.1, 0.15) is 0 Å². The van der Waals surface area contributed by atoms with E-state index in [0.717, 1.165) is 24.7 Å². The Bertz CT molecular complexity index is 216. The molecule has 12 heavy (non-hydrogen) atoms. The maximum absolute atomic E-state index is 13.6. The minimum atomic E-state index is -0.652. The number of hydrogen-bond acceptors (Lipinski definition) is 0. The van der Waals surface area contributed by atoms with Crippen LogP contribution in [0, 0.1) is 17.8 Å². The quantitative estimate of drug-likeness (QED) is 0.524. The van der Waals surface area contributed by atoms with Crippen molar-refractivity contribution in [3.8, 4) is 0 Å². The van der Waals surface area contributed by atoms with Crippen molar-refractivity contribution in [2.24, 2.45) is 17.8 Å². The molecule has 0 spiro atoms. The fourth-order valence-electron chi connectivity index (χ4n) is 2.72. The van der Waals surface area contributed by atoms with E-state index in [2.05, 4.69) is 13.4 Å². The Labute approximate surface area is 74.5 Å². The van der Waals surface area contributed by atoms with Gasteiger partial charge in [-0.05, 0) is 0 Å². The number of rotatable bonds is 1. The van der Waals surface area contributed by atoms with E-state index in [1.807, 2.05) is 13.8 Å². The van der Waals surface area contributed by atoms with Gasteiger partial charge in [0.15, 0.2) is 0 Å². The molecule has 5 atom stereocenters. The van der Waals surface area contributed by atoms with Gasteiger partial charge in [-0.3, -0.25) is 0 Å². The van der Waals surface area contributed by atoms with Crippen LogP contribution in [0.15, 0.2) is 0 Å². The van der Waals surface area contributed by atoms with Crippen LogP contribution in [0.5, 0.6) is 0 Å². The Morgan fingerprint density at radius 3 is 2.75 bits per heavy atom. The first-order valence-corrected chi connectivity index (χ1v) is 4.86. The Balaban J connectivity index is 2.13. The van der Waals surface area contributed by atoms with Crippen LogP contribution < -0.4 is 0 Å². The summed E-state index contributed by atoms with van der Waals surface area (Å²) in [5.41, 5.74) is 0. The molecule has 0 aromatic rings. The normalized spacial score (nSPS) is 57.2. The number of hydrogen-bond donors (Lipinski definition) is 0. The van der Waals surface area contributed by atoms with Gasteiger partial charge >= 0.3 is 73.7 Å². The van der Waals surface area contributed by atoms with Crippen LogP contribution >= 0.6 is 0 Å². The zero-order chi connectivity index (χ0) is 8.93. The Kier molecular flexibility index (Phi) is 1.71. The summed E-state index contributed by atoms with van der Waals surface area (Å²) in [6.07, 6.45) is 1.14. The molecule has 0 aromatic heterocycles. The molecule has 5 unspecified atom stereocenters. The molecule has 2 aliphatic carbocycles. The molecule has 2 saturated carbocycles. The third kappa shape index (κ3) is 0.998. The SMILES string of the molecule is C=BC1(C)CC2C(C)C2CC1F. The van der Waals surface area contributed by atoms with E-state index in [-0.39, 0.29) is 5.31 Å². The number of fused-ring (bicyclic) bond motifs is 1. The fraction of sp³-hybridized carbons (Fsp3) is 0.900. The van der Waals surface area contributed by atoms with E-state index in [9.17, 15) is 4.39 Å². The van der Waals surface area contributed by atoms with Crippen molar-refractivity contribution >= 4 is 13.4 Å². The summed E-state index contributed by atoms with van der Waals surface area (Å²) >= 11 is 0. The van der Waals surface area contributed by atoms with Gasteiger partial charge < -0.3 is 0 Å². The summed E-state index contributed by atoms with van der Waals surface area (Å²) in [7, 11) is 0. The Morgan fingerprint density at radius 2 is 2.17 bits per heavy atom. The van der Waals surface area contributed by atoms with Gasteiger partial charge in [-0.2, -0.15) is 0 Å². The first kappa shape index (κ1) is 8.46. The molecule has 0 aromatic carbocycles. The average molecular weight is 166 g/mol. The van der Waals surface area contributed by atoms with Crippen LogP contribution in [0.2, 0.25) is 5.31 Å². The molecule has 0 amide bonds. The van der Waals surface area contributed by atoms with Crippen molar-refractivity contribution in [1.82, 2.24) is 0 Å². The summed E-state index contributed by atoms with van der Waals surface area (Å²) in [6, 6.07) is 0. The van der Waals surface area contributed by atoms with E-state index in [0.29, 0.717) is 5.92 Å². The van der Waals surface area contributed by atoms with Gasteiger partial charge in [0.05, 0.1) is 0 Å². The van der Waals surface area contributed by atoms with Crippen LogP contribution in [0.3, 0.4) is 0 Å². The predicted octanol–water partition coefficient (Wildman–Crippen LogP) is 2.32. The van der Waals surface area contributed by atoms with Crippen molar-refractivity contribution in [2.75, 3.05) is 0 Å². The predicted molar refractivity (Wildman–Crippen MR) is 51.5 cm³/mol. The van der Waals surface area contributed by atoms with Crippen LogP contribution in [0.4, 0.5) is 4.39 Å². The standard InChI is InChI=1S/C10H16BF/c1-6-7-4-9(12)10(2,11-3)5-8(6)7/h6-9H,3-5H2,1-2H3. The molecule has 66 valence electrons. The van der Waals surface area contributed by atoms with E-state index >= 15 is 0 Å². The zero-order valence-corrected chi connectivity index (χ0v) is 7.89. The van der Waals surface area contributed by atoms with Crippen molar-refractivity contribution in [3.05, 3.63) is 0 Å². The van der Waals surface area contributed by atoms with Crippen molar-refractivity contribution in [2.45, 2.75) is 38.2 Å². The van der Waals surface area contributed by atoms with Gasteiger partial charge in [-0.15, -0.1) is 0 Å². The second-order valence-electron chi connectivity index (χ2n) is 4.80. The average Bonchev–Trinajstić information content (AvgIpc) is 2.63. The second-order valence-corrected chi connectivity index (χ2v) is 4.80. The molecule has 2 heteroatoms. The summed E-state index contributed by atoms with van der Waals surface area (Å²) in [6.45, 7) is 9.82. The molecule has 2 aliphatic rings. The molecule has 2 fully saturated rings. The first-order chi connectivity index (χ1) is 5.58. The summed E-state index contributed by atoms with van der Waals surface area (Å²) in [5.74, 6) is 2.25. The summed E-state index contributed by atoms with van der Waals surface area (Å²) in [5, 5.41) is -0.230. The molecule has 0 heterocycles. The molecule has 0 saturated heterocycles. The van der Waals surface area contributed by atoms with E-state index in [1.165, 1.54) is 0 Å². The van der Waals surface area contributed by atoms with Crippen LogP contribution in [0.25, 0.3) is 0 Å². The second kappa shape index (κ2) is 2.43.